The first kappa shape index (κ1) is 16.9. The summed E-state index contributed by atoms with van der Waals surface area (Å²) in [5.41, 5.74) is 6.13. The number of hydrogen-bond donors (Lipinski definition) is 0. The van der Waals surface area contributed by atoms with Gasteiger partial charge in [-0.1, -0.05) is 24.1 Å². The Kier molecular flexibility index (Phi) is 4.53. The van der Waals surface area contributed by atoms with Gasteiger partial charge in [-0.15, -0.1) is 17.8 Å². The number of rotatable bonds is 4. The van der Waals surface area contributed by atoms with Crippen molar-refractivity contribution in [3.05, 3.63) is 59.3 Å². The smallest absolute Gasteiger partial charge is 0.135 e. The molecule has 0 N–H and O–H groups in total. The van der Waals surface area contributed by atoms with Crippen molar-refractivity contribution in [3.8, 4) is 39.1 Å². The lowest BCUT2D eigenvalue weighted by molar-refractivity contribution is 0.242. The number of aryl methyl sites for hydroxylation is 1. The third-order valence-electron chi connectivity index (χ3n) is 4.66. The average Bonchev–Trinajstić information content (AvgIpc) is 3.30. The third-order valence-corrected chi connectivity index (χ3v) is 5.74. The minimum Gasteiger partial charge on any atom is -0.490 e. The molecule has 130 valence electrons. The van der Waals surface area contributed by atoms with Crippen LogP contribution in [-0.2, 0) is 12.8 Å². The van der Waals surface area contributed by atoms with E-state index in [1.807, 2.05) is 38.2 Å². The predicted molar refractivity (Wildman–Crippen MR) is 109 cm³/mol. The van der Waals surface area contributed by atoms with Crippen molar-refractivity contribution in [1.82, 2.24) is 4.98 Å². The molecule has 0 aliphatic heterocycles. The molecular formula is C23H21NOS. The molecule has 2 nitrogen and oxygen atoms in total. The van der Waals surface area contributed by atoms with Gasteiger partial charge in [-0.05, 0) is 68.0 Å². The van der Waals surface area contributed by atoms with E-state index in [1.165, 1.54) is 40.8 Å². The van der Waals surface area contributed by atoms with E-state index >= 15 is 0 Å². The summed E-state index contributed by atoms with van der Waals surface area (Å²) in [5.74, 6) is 3.49. The highest BCUT2D eigenvalue weighted by Crippen LogP contribution is 2.38. The second kappa shape index (κ2) is 6.97. The van der Waals surface area contributed by atoms with Crippen LogP contribution in [0.25, 0.3) is 21.0 Å². The van der Waals surface area contributed by atoms with E-state index < -0.39 is 0 Å². The summed E-state index contributed by atoms with van der Waals surface area (Å²) in [7, 11) is 0. The number of thiazole rings is 1. The van der Waals surface area contributed by atoms with Crippen molar-refractivity contribution >= 4 is 11.3 Å². The van der Waals surface area contributed by atoms with Crippen molar-refractivity contribution in [3.63, 3.8) is 0 Å². The summed E-state index contributed by atoms with van der Waals surface area (Å²) < 4.78 is 5.79. The first-order valence-corrected chi connectivity index (χ1v) is 9.82. The molecule has 0 bridgehead atoms. The zero-order valence-corrected chi connectivity index (χ0v) is 15.9. The van der Waals surface area contributed by atoms with E-state index in [0.29, 0.717) is 0 Å². The molecule has 3 aromatic rings. The van der Waals surface area contributed by atoms with Crippen molar-refractivity contribution in [1.29, 1.82) is 0 Å². The van der Waals surface area contributed by atoms with Crippen LogP contribution in [0.3, 0.4) is 0 Å². The van der Waals surface area contributed by atoms with Crippen LogP contribution in [0.4, 0.5) is 0 Å². The molecule has 0 radical (unpaired) electrons. The lowest BCUT2D eigenvalue weighted by Gasteiger charge is -2.12. The van der Waals surface area contributed by atoms with Gasteiger partial charge in [-0.2, -0.15) is 0 Å². The van der Waals surface area contributed by atoms with Crippen LogP contribution in [0.5, 0.6) is 5.75 Å². The Labute approximate surface area is 158 Å². The molecule has 26 heavy (non-hydrogen) atoms. The van der Waals surface area contributed by atoms with Crippen molar-refractivity contribution < 1.29 is 4.74 Å². The number of terminal acetylenes is 1. The Morgan fingerprint density at radius 2 is 2.08 bits per heavy atom. The maximum absolute atomic E-state index is 5.79. The van der Waals surface area contributed by atoms with Gasteiger partial charge in [0.25, 0.3) is 0 Å². The van der Waals surface area contributed by atoms with Gasteiger partial charge in [-0.25, -0.2) is 4.98 Å². The van der Waals surface area contributed by atoms with Crippen LogP contribution in [-0.4, -0.2) is 11.1 Å². The molecule has 1 aliphatic rings. The minimum absolute atomic E-state index is 0.0968. The fraction of sp³-hybridized carbons (Fsp3) is 0.261. The van der Waals surface area contributed by atoms with E-state index in [-0.39, 0.29) is 6.10 Å². The Morgan fingerprint density at radius 3 is 2.88 bits per heavy atom. The van der Waals surface area contributed by atoms with Crippen molar-refractivity contribution in [2.24, 2.45) is 0 Å². The normalized spacial score (nSPS) is 12.8. The maximum Gasteiger partial charge on any atom is 0.135 e. The summed E-state index contributed by atoms with van der Waals surface area (Å²) >= 11 is 1.72. The second-order valence-corrected chi connectivity index (χ2v) is 7.88. The van der Waals surface area contributed by atoms with Crippen LogP contribution in [0, 0.1) is 12.3 Å². The number of nitrogens with zero attached hydrogens (tertiary/aromatic N) is 1. The highest BCUT2D eigenvalue weighted by Gasteiger charge is 2.17. The predicted octanol–water partition coefficient (Wildman–Crippen LogP) is 5.73. The van der Waals surface area contributed by atoms with E-state index in [9.17, 15) is 0 Å². The zero-order valence-electron chi connectivity index (χ0n) is 15.1. The number of fused-ring (bicyclic) bond motifs is 1. The quantitative estimate of drug-likeness (QED) is 0.555. The van der Waals surface area contributed by atoms with E-state index in [2.05, 4.69) is 29.1 Å². The summed E-state index contributed by atoms with van der Waals surface area (Å²) in [6, 6.07) is 12.6. The van der Waals surface area contributed by atoms with E-state index in [4.69, 9.17) is 11.2 Å². The minimum atomic E-state index is 0.0968. The van der Waals surface area contributed by atoms with E-state index in [0.717, 1.165) is 21.9 Å². The molecule has 1 aliphatic carbocycles. The Hall–Kier alpha value is -2.57. The fourth-order valence-corrected chi connectivity index (χ4v) is 4.48. The Balaban J connectivity index is 1.69. The Morgan fingerprint density at radius 1 is 1.19 bits per heavy atom. The number of aromatic nitrogens is 1. The van der Waals surface area contributed by atoms with Crippen LogP contribution in [0.2, 0.25) is 0 Å². The van der Waals surface area contributed by atoms with Crippen molar-refractivity contribution in [2.75, 3.05) is 0 Å². The summed E-state index contributed by atoms with van der Waals surface area (Å²) in [6.45, 7) is 4.00. The molecule has 0 fully saturated rings. The lowest BCUT2D eigenvalue weighted by atomic mass is 10.0. The van der Waals surface area contributed by atoms with Crippen LogP contribution >= 0.6 is 11.3 Å². The van der Waals surface area contributed by atoms with Crippen LogP contribution in [0.15, 0.2) is 42.6 Å². The van der Waals surface area contributed by atoms with Gasteiger partial charge in [0.1, 0.15) is 10.8 Å². The zero-order chi connectivity index (χ0) is 18.1. The standard InChI is InChI=1S/C23H21NOS/c1-4-16-13-18(11-12-21(16)25-15(2)3)23-24-14-22(26-23)20-10-6-8-17-7-5-9-19(17)20/h1,6,8,10-15H,5,7,9H2,2-3H3. The molecule has 0 amide bonds. The van der Waals surface area contributed by atoms with Crippen molar-refractivity contribution in [2.45, 2.75) is 39.2 Å². The molecular weight excluding hydrogens is 338 g/mol. The van der Waals surface area contributed by atoms with Gasteiger partial charge in [0, 0.05) is 11.8 Å². The monoisotopic (exact) mass is 359 g/mol. The number of ether oxygens (including phenoxy) is 1. The summed E-state index contributed by atoms with van der Waals surface area (Å²) in [5, 5.41) is 0.989. The first-order valence-electron chi connectivity index (χ1n) is 9.00. The molecule has 0 spiro atoms. The largest absolute Gasteiger partial charge is 0.490 e. The highest BCUT2D eigenvalue weighted by molar-refractivity contribution is 7.18. The number of hydrogen-bond acceptors (Lipinski definition) is 3. The molecule has 3 heteroatoms. The van der Waals surface area contributed by atoms with Gasteiger partial charge in [-0.3, -0.25) is 0 Å². The van der Waals surface area contributed by atoms with Crippen LogP contribution in [0.1, 0.15) is 37.0 Å². The molecule has 1 aromatic heterocycles. The molecule has 1 heterocycles. The summed E-state index contributed by atoms with van der Waals surface area (Å²) in [4.78, 5) is 5.89. The molecule has 4 rings (SSSR count). The topological polar surface area (TPSA) is 22.1 Å². The van der Waals surface area contributed by atoms with Gasteiger partial charge >= 0.3 is 0 Å². The fourth-order valence-electron chi connectivity index (χ4n) is 3.52. The van der Waals surface area contributed by atoms with Gasteiger partial charge in [0.05, 0.1) is 16.5 Å². The van der Waals surface area contributed by atoms with Gasteiger partial charge < -0.3 is 4.74 Å². The molecule has 0 atom stereocenters. The molecule has 0 unspecified atom stereocenters. The molecule has 0 saturated heterocycles. The van der Waals surface area contributed by atoms with Gasteiger partial charge in [0.2, 0.25) is 0 Å². The number of benzene rings is 2. The molecule has 2 aromatic carbocycles. The SMILES string of the molecule is C#Cc1cc(-c2ncc(-c3cccc4c3CCC4)s2)ccc1OC(C)C. The molecule has 0 saturated carbocycles. The third kappa shape index (κ3) is 3.13. The average molecular weight is 359 g/mol. The lowest BCUT2D eigenvalue weighted by Crippen LogP contribution is -2.06. The van der Waals surface area contributed by atoms with Crippen LogP contribution < -0.4 is 4.74 Å². The van der Waals surface area contributed by atoms with E-state index in [1.54, 1.807) is 11.3 Å². The van der Waals surface area contributed by atoms with Gasteiger partial charge in [0.15, 0.2) is 0 Å². The maximum atomic E-state index is 5.79. The first-order chi connectivity index (χ1) is 12.7. The summed E-state index contributed by atoms with van der Waals surface area (Å²) in [6.07, 6.45) is 11.4. The highest BCUT2D eigenvalue weighted by atomic mass is 32.1. The Bertz CT molecular complexity index is 994. The second-order valence-electron chi connectivity index (χ2n) is 6.85.